The molecular weight excluding hydrogens is 312 g/mol. The standard InChI is InChI=1S/C17H24N4O.ClH/c1-12(18)9-17(22)19-10-16-13(2)20-21(14(16)3)11-15-7-5-4-6-8-15;/h4-8,12H,9-11,18H2,1-3H3,(H,19,22);1H. The molecule has 1 unspecified atom stereocenters. The summed E-state index contributed by atoms with van der Waals surface area (Å²) in [4.78, 5) is 11.7. The molecule has 3 N–H and O–H groups in total. The summed E-state index contributed by atoms with van der Waals surface area (Å²) in [6, 6.07) is 10.1. The summed E-state index contributed by atoms with van der Waals surface area (Å²) in [5.41, 5.74) is 9.96. The summed E-state index contributed by atoms with van der Waals surface area (Å²) in [6.45, 7) is 7.07. The zero-order chi connectivity index (χ0) is 16.1. The van der Waals surface area contributed by atoms with Crippen LogP contribution in [0.25, 0.3) is 0 Å². The van der Waals surface area contributed by atoms with Crippen molar-refractivity contribution < 1.29 is 4.79 Å². The number of hydrogen-bond acceptors (Lipinski definition) is 3. The van der Waals surface area contributed by atoms with E-state index in [2.05, 4.69) is 22.5 Å². The van der Waals surface area contributed by atoms with E-state index in [1.807, 2.05) is 43.7 Å². The summed E-state index contributed by atoms with van der Waals surface area (Å²) in [7, 11) is 0. The van der Waals surface area contributed by atoms with Gasteiger partial charge in [-0.1, -0.05) is 30.3 Å². The normalized spacial score (nSPS) is 11.7. The fraction of sp³-hybridized carbons (Fsp3) is 0.412. The number of nitrogens with one attached hydrogen (secondary N) is 1. The van der Waals surface area contributed by atoms with Crippen molar-refractivity contribution in [1.82, 2.24) is 15.1 Å². The minimum absolute atomic E-state index is 0. The van der Waals surface area contributed by atoms with Gasteiger partial charge >= 0.3 is 0 Å². The Balaban J connectivity index is 0.00000264. The van der Waals surface area contributed by atoms with Gasteiger partial charge in [0.05, 0.1) is 12.2 Å². The lowest BCUT2D eigenvalue weighted by atomic mass is 10.1. The van der Waals surface area contributed by atoms with Gasteiger partial charge in [0.25, 0.3) is 0 Å². The van der Waals surface area contributed by atoms with Crippen LogP contribution >= 0.6 is 12.4 Å². The van der Waals surface area contributed by atoms with Gasteiger partial charge in [-0.2, -0.15) is 5.10 Å². The van der Waals surface area contributed by atoms with E-state index in [1.54, 1.807) is 0 Å². The maximum Gasteiger partial charge on any atom is 0.221 e. The first kappa shape index (κ1) is 19.2. The van der Waals surface area contributed by atoms with Gasteiger partial charge in [-0.3, -0.25) is 9.48 Å². The summed E-state index contributed by atoms with van der Waals surface area (Å²) in [5, 5.41) is 7.50. The lowest BCUT2D eigenvalue weighted by Gasteiger charge is -2.08. The molecule has 0 spiro atoms. The summed E-state index contributed by atoms with van der Waals surface area (Å²) in [5.74, 6) is -0.0235. The van der Waals surface area contributed by atoms with Crippen LogP contribution in [0.1, 0.15) is 35.9 Å². The van der Waals surface area contributed by atoms with Crippen LogP contribution in [0, 0.1) is 13.8 Å². The van der Waals surface area contributed by atoms with Gasteiger partial charge in [-0.05, 0) is 26.3 Å². The van der Waals surface area contributed by atoms with E-state index in [-0.39, 0.29) is 24.4 Å². The van der Waals surface area contributed by atoms with Crippen LogP contribution in [0.3, 0.4) is 0 Å². The quantitative estimate of drug-likeness (QED) is 0.850. The molecule has 0 saturated heterocycles. The first-order valence-electron chi connectivity index (χ1n) is 7.56. The van der Waals surface area contributed by atoms with E-state index < -0.39 is 0 Å². The van der Waals surface area contributed by atoms with Crippen molar-refractivity contribution in [2.24, 2.45) is 5.73 Å². The minimum Gasteiger partial charge on any atom is -0.352 e. The van der Waals surface area contributed by atoms with Crippen molar-refractivity contribution in [2.75, 3.05) is 0 Å². The second-order valence-electron chi connectivity index (χ2n) is 5.75. The highest BCUT2D eigenvalue weighted by Crippen LogP contribution is 2.14. The van der Waals surface area contributed by atoms with Crippen LogP contribution in [-0.2, 0) is 17.9 Å². The number of amides is 1. The molecule has 1 amide bonds. The molecule has 5 nitrogen and oxygen atoms in total. The van der Waals surface area contributed by atoms with Crippen molar-refractivity contribution in [1.29, 1.82) is 0 Å². The van der Waals surface area contributed by atoms with Gasteiger partial charge in [-0.15, -0.1) is 12.4 Å². The zero-order valence-electron chi connectivity index (χ0n) is 13.9. The zero-order valence-corrected chi connectivity index (χ0v) is 14.7. The van der Waals surface area contributed by atoms with E-state index in [1.165, 1.54) is 5.56 Å². The Morgan fingerprint density at radius 1 is 1.30 bits per heavy atom. The van der Waals surface area contributed by atoms with E-state index in [0.717, 1.165) is 23.5 Å². The number of nitrogens with two attached hydrogens (primary N) is 1. The van der Waals surface area contributed by atoms with Crippen molar-refractivity contribution in [3.8, 4) is 0 Å². The molecule has 23 heavy (non-hydrogen) atoms. The largest absolute Gasteiger partial charge is 0.352 e. The number of rotatable bonds is 6. The van der Waals surface area contributed by atoms with Crippen LogP contribution < -0.4 is 11.1 Å². The van der Waals surface area contributed by atoms with Crippen molar-refractivity contribution in [3.63, 3.8) is 0 Å². The van der Waals surface area contributed by atoms with Crippen LogP contribution in [0.15, 0.2) is 30.3 Å². The maximum atomic E-state index is 11.7. The number of aryl methyl sites for hydroxylation is 1. The smallest absolute Gasteiger partial charge is 0.221 e. The highest BCUT2D eigenvalue weighted by atomic mass is 35.5. The van der Waals surface area contributed by atoms with Crippen molar-refractivity contribution in [2.45, 2.75) is 46.3 Å². The average Bonchev–Trinajstić information content (AvgIpc) is 2.72. The van der Waals surface area contributed by atoms with Gasteiger partial charge in [0.15, 0.2) is 0 Å². The predicted molar refractivity (Wildman–Crippen MR) is 94.6 cm³/mol. The topological polar surface area (TPSA) is 72.9 Å². The molecule has 1 aromatic heterocycles. The van der Waals surface area contributed by atoms with Gasteiger partial charge in [0.1, 0.15) is 0 Å². The molecule has 0 aliphatic heterocycles. The van der Waals surface area contributed by atoms with E-state index in [0.29, 0.717) is 13.0 Å². The highest BCUT2D eigenvalue weighted by molar-refractivity contribution is 5.85. The molecule has 0 aliphatic rings. The van der Waals surface area contributed by atoms with Crippen LogP contribution in [0.5, 0.6) is 0 Å². The lowest BCUT2D eigenvalue weighted by Crippen LogP contribution is -2.29. The van der Waals surface area contributed by atoms with E-state index in [9.17, 15) is 4.79 Å². The minimum atomic E-state index is -0.122. The molecular formula is C17H25ClN4O. The summed E-state index contributed by atoms with van der Waals surface area (Å²) >= 11 is 0. The predicted octanol–water partition coefficient (Wildman–Crippen LogP) is 2.32. The Morgan fingerprint density at radius 2 is 1.96 bits per heavy atom. The summed E-state index contributed by atoms with van der Waals surface area (Å²) < 4.78 is 1.98. The van der Waals surface area contributed by atoms with Crippen LogP contribution in [0.4, 0.5) is 0 Å². The van der Waals surface area contributed by atoms with E-state index in [4.69, 9.17) is 5.73 Å². The molecule has 6 heteroatoms. The monoisotopic (exact) mass is 336 g/mol. The molecule has 2 rings (SSSR count). The summed E-state index contributed by atoms with van der Waals surface area (Å²) in [6.07, 6.45) is 0.343. The van der Waals surface area contributed by atoms with Gasteiger partial charge in [0, 0.05) is 30.3 Å². The highest BCUT2D eigenvalue weighted by Gasteiger charge is 2.13. The molecule has 2 aromatic rings. The van der Waals surface area contributed by atoms with Gasteiger partial charge in [-0.25, -0.2) is 0 Å². The molecule has 0 bridgehead atoms. The third kappa shape index (κ3) is 5.37. The number of carbonyl (C=O) groups is 1. The molecule has 1 atom stereocenters. The second-order valence-corrected chi connectivity index (χ2v) is 5.75. The number of carbonyl (C=O) groups excluding carboxylic acids is 1. The van der Waals surface area contributed by atoms with Crippen LogP contribution in [0.2, 0.25) is 0 Å². The second kappa shape index (κ2) is 8.70. The molecule has 1 aromatic carbocycles. The van der Waals surface area contributed by atoms with E-state index >= 15 is 0 Å². The molecule has 0 radical (unpaired) electrons. The fourth-order valence-electron chi connectivity index (χ4n) is 2.45. The van der Waals surface area contributed by atoms with Crippen LogP contribution in [-0.4, -0.2) is 21.7 Å². The SMILES string of the molecule is Cc1nn(Cc2ccccc2)c(C)c1CNC(=O)CC(C)N.Cl. The third-order valence-electron chi connectivity index (χ3n) is 3.68. The third-order valence-corrected chi connectivity index (χ3v) is 3.68. The Labute approximate surface area is 143 Å². The Hall–Kier alpha value is -1.85. The van der Waals surface area contributed by atoms with Crippen molar-refractivity contribution in [3.05, 3.63) is 52.8 Å². The Kier molecular flexibility index (Phi) is 7.26. The van der Waals surface area contributed by atoms with Crippen molar-refractivity contribution >= 4 is 18.3 Å². The first-order valence-corrected chi connectivity index (χ1v) is 7.56. The molecule has 1 heterocycles. The average molecular weight is 337 g/mol. The fourth-order valence-corrected chi connectivity index (χ4v) is 2.45. The number of nitrogens with zero attached hydrogens (tertiary/aromatic N) is 2. The van der Waals surface area contributed by atoms with Gasteiger partial charge < -0.3 is 11.1 Å². The molecule has 0 fully saturated rings. The van der Waals surface area contributed by atoms with Gasteiger partial charge in [0.2, 0.25) is 5.91 Å². The maximum absolute atomic E-state index is 11.7. The number of hydrogen-bond donors (Lipinski definition) is 2. The molecule has 0 aliphatic carbocycles. The Morgan fingerprint density at radius 3 is 2.57 bits per heavy atom. The first-order chi connectivity index (χ1) is 10.5. The number of aromatic nitrogens is 2. The Bertz CT molecular complexity index is 638. The molecule has 0 saturated carbocycles. The lowest BCUT2D eigenvalue weighted by molar-refractivity contribution is -0.121. The number of halogens is 1. The number of benzene rings is 1. The molecule has 126 valence electrons.